The standard InChI is InChI=1S/C17H21N5O/c1-12-20-15(10-16(21-12)22-13-6-2-3-7-13)17(23)19-11-14-8-4-5-9-18-14/h4-5,8-10,13H,2-3,6-7,11H2,1H3,(H,19,23)(H,20,21,22). The topological polar surface area (TPSA) is 79.8 Å². The van der Waals surface area contributed by atoms with Crippen LogP contribution in [0.25, 0.3) is 0 Å². The summed E-state index contributed by atoms with van der Waals surface area (Å²) in [7, 11) is 0. The van der Waals surface area contributed by atoms with Crippen LogP contribution in [0.2, 0.25) is 0 Å². The number of pyridine rings is 1. The van der Waals surface area contributed by atoms with Gasteiger partial charge in [0.15, 0.2) is 0 Å². The van der Waals surface area contributed by atoms with Gasteiger partial charge in [-0.3, -0.25) is 9.78 Å². The minimum atomic E-state index is -0.212. The molecule has 2 aromatic heterocycles. The number of aromatic nitrogens is 3. The lowest BCUT2D eigenvalue weighted by molar-refractivity contribution is 0.0945. The predicted molar refractivity (Wildman–Crippen MR) is 88.1 cm³/mol. The number of nitrogens with one attached hydrogen (secondary N) is 2. The molecule has 1 fully saturated rings. The van der Waals surface area contributed by atoms with Crippen molar-refractivity contribution in [3.8, 4) is 0 Å². The number of aryl methyl sites for hydroxylation is 1. The van der Waals surface area contributed by atoms with E-state index in [1.165, 1.54) is 12.8 Å². The summed E-state index contributed by atoms with van der Waals surface area (Å²) in [5.74, 6) is 1.11. The maximum Gasteiger partial charge on any atom is 0.270 e. The molecule has 0 aromatic carbocycles. The number of carbonyl (C=O) groups is 1. The van der Waals surface area contributed by atoms with E-state index in [4.69, 9.17) is 0 Å². The van der Waals surface area contributed by atoms with Crippen molar-refractivity contribution < 1.29 is 4.79 Å². The van der Waals surface area contributed by atoms with Gasteiger partial charge in [-0.1, -0.05) is 18.9 Å². The minimum absolute atomic E-state index is 0.212. The van der Waals surface area contributed by atoms with Gasteiger partial charge in [0.05, 0.1) is 12.2 Å². The third-order valence-electron chi connectivity index (χ3n) is 3.93. The van der Waals surface area contributed by atoms with E-state index in [1.54, 1.807) is 19.2 Å². The van der Waals surface area contributed by atoms with Crippen molar-refractivity contribution in [2.45, 2.75) is 45.2 Å². The van der Waals surface area contributed by atoms with E-state index >= 15 is 0 Å². The van der Waals surface area contributed by atoms with Crippen molar-refractivity contribution in [2.24, 2.45) is 0 Å². The highest BCUT2D eigenvalue weighted by Gasteiger charge is 2.17. The second-order valence-electron chi connectivity index (χ2n) is 5.82. The Balaban J connectivity index is 1.66. The molecule has 0 spiro atoms. The molecule has 0 aliphatic heterocycles. The van der Waals surface area contributed by atoms with Crippen LogP contribution in [0.15, 0.2) is 30.5 Å². The molecule has 3 rings (SSSR count). The van der Waals surface area contributed by atoms with E-state index in [-0.39, 0.29) is 5.91 Å². The van der Waals surface area contributed by atoms with Crippen molar-refractivity contribution in [3.63, 3.8) is 0 Å². The Morgan fingerprint density at radius 2 is 2.09 bits per heavy atom. The van der Waals surface area contributed by atoms with Crippen molar-refractivity contribution in [1.29, 1.82) is 0 Å². The molecule has 2 aromatic rings. The molecular weight excluding hydrogens is 290 g/mol. The summed E-state index contributed by atoms with van der Waals surface area (Å²) in [6.07, 6.45) is 6.52. The van der Waals surface area contributed by atoms with E-state index in [2.05, 4.69) is 25.6 Å². The van der Waals surface area contributed by atoms with Crippen LogP contribution in [0, 0.1) is 6.92 Å². The van der Waals surface area contributed by atoms with Gasteiger partial charge in [0, 0.05) is 18.3 Å². The molecule has 1 saturated carbocycles. The van der Waals surface area contributed by atoms with Gasteiger partial charge in [-0.25, -0.2) is 9.97 Å². The van der Waals surface area contributed by atoms with Gasteiger partial charge in [-0.05, 0) is 31.9 Å². The van der Waals surface area contributed by atoms with E-state index in [0.717, 1.165) is 24.4 Å². The highest BCUT2D eigenvalue weighted by molar-refractivity contribution is 5.92. The summed E-state index contributed by atoms with van der Waals surface area (Å²) in [4.78, 5) is 25.1. The molecule has 0 atom stereocenters. The van der Waals surface area contributed by atoms with Crippen molar-refractivity contribution in [1.82, 2.24) is 20.3 Å². The summed E-state index contributed by atoms with van der Waals surface area (Å²) in [5.41, 5.74) is 1.20. The smallest absolute Gasteiger partial charge is 0.270 e. The van der Waals surface area contributed by atoms with E-state index in [1.807, 2.05) is 18.2 Å². The largest absolute Gasteiger partial charge is 0.367 e. The Bertz CT molecular complexity index is 668. The molecular formula is C17H21N5O. The molecule has 6 heteroatoms. The molecule has 120 valence electrons. The summed E-state index contributed by atoms with van der Waals surface area (Å²) in [6, 6.07) is 7.79. The minimum Gasteiger partial charge on any atom is -0.367 e. The third-order valence-corrected chi connectivity index (χ3v) is 3.93. The molecule has 0 unspecified atom stereocenters. The average molecular weight is 311 g/mol. The van der Waals surface area contributed by atoms with Gasteiger partial charge in [0.1, 0.15) is 17.3 Å². The van der Waals surface area contributed by atoms with Crippen LogP contribution < -0.4 is 10.6 Å². The SMILES string of the molecule is Cc1nc(NC2CCCC2)cc(C(=O)NCc2ccccn2)n1. The number of carbonyl (C=O) groups excluding carboxylic acids is 1. The van der Waals surface area contributed by atoms with Gasteiger partial charge < -0.3 is 10.6 Å². The molecule has 2 N–H and O–H groups in total. The van der Waals surface area contributed by atoms with Crippen LogP contribution in [0.3, 0.4) is 0 Å². The van der Waals surface area contributed by atoms with Crippen LogP contribution in [0.4, 0.5) is 5.82 Å². The fraction of sp³-hybridized carbons (Fsp3) is 0.412. The summed E-state index contributed by atoms with van der Waals surface area (Å²) in [5, 5.41) is 6.25. The number of rotatable bonds is 5. The first-order valence-corrected chi connectivity index (χ1v) is 8.01. The van der Waals surface area contributed by atoms with E-state index in [9.17, 15) is 4.79 Å². The Labute approximate surface area is 135 Å². The van der Waals surface area contributed by atoms with E-state index in [0.29, 0.717) is 24.1 Å². The molecule has 1 aliphatic rings. The molecule has 0 saturated heterocycles. The van der Waals surface area contributed by atoms with Crippen LogP contribution in [0.1, 0.15) is 47.7 Å². The lowest BCUT2D eigenvalue weighted by Crippen LogP contribution is -2.25. The van der Waals surface area contributed by atoms with Crippen LogP contribution in [-0.4, -0.2) is 26.9 Å². The first-order valence-electron chi connectivity index (χ1n) is 8.01. The Hall–Kier alpha value is -2.50. The summed E-state index contributed by atoms with van der Waals surface area (Å²) < 4.78 is 0. The summed E-state index contributed by atoms with van der Waals surface area (Å²) >= 11 is 0. The van der Waals surface area contributed by atoms with Gasteiger partial charge in [-0.15, -0.1) is 0 Å². The zero-order valence-electron chi connectivity index (χ0n) is 13.2. The monoisotopic (exact) mass is 311 g/mol. The fourth-order valence-corrected chi connectivity index (χ4v) is 2.80. The Kier molecular flexibility index (Phi) is 4.80. The molecule has 2 heterocycles. The van der Waals surface area contributed by atoms with Gasteiger partial charge in [0.25, 0.3) is 5.91 Å². The number of amides is 1. The predicted octanol–water partition coefficient (Wildman–Crippen LogP) is 2.46. The molecule has 0 bridgehead atoms. The molecule has 0 radical (unpaired) electrons. The second kappa shape index (κ2) is 7.17. The number of nitrogens with zero attached hydrogens (tertiary/aromatic N) is 3. The normalized spacial score (nSPS) is 14.7. The lowest BCUT2D eigenvalue weighted by Gasteiger charge is -2.13. The maximum absolute atomic E-state index is 12.3. The van der Waals surface area contributed by atoms with Crippen molar-refractivity contribution in [2.75, 3.05) is 5.32 Å². The van der Waals surface area contributed by atoms with Gasteiger partial charge >= 0.3 is 0 Å². The maximum atomic E-state index is 12.3. The number of anilines is 1. The zero-order chi connectivity index (χ0) is 16.1. The molecule has 6 nitrogen and oxygen atoms in total. The third kappa shape index (κ3) is 4.25. The van der Waals surface area contributed by atoms with Gasteiger partial charge in [0.2, 0.25) is 0 Å². The van der Waals surface area contributed by atoms with E-state index < -0.39 is 0 Å². The zero-order valence-corrected chi connectivity index (χ0v) is 13.2. The first kappa shape index (κ1) is 15.4. The highest BCUT2D eigenvalue weighted by Crippen LogP contribution is 2.21. The molecule has 23 heavy (non-hydrogen) atoms. The van der Waals surface area contributed by atoms with Crippen molar-refractivity contribution >= 4 is 11.7 Å². The van der Waals surface area contributed by atoms with Crippen LogP contribution in [0.5, 0.6) is 0 Å². The first-order chi connectivity index (χ1) is 11.2. The quantitative estimate of drug-likeness (QED) is 0.886. The van der Waals surface area contributed by atoms with Crippen LogP contribution >= 0.6 is 0 Å². The second-order valence-corrected chi connectivity index (χ2v) is 5.82. The molecule has 1 aliphatic carbocycles. The fourth-order valence-electron chi connectivity index (χ4n) is 2.80. The average Bonchev–Trinajstić information content (AvgIpc) is 3.06. The number of hydrogen-bond acceptors (Lipinski definition) is 5. The number of hydrogen-bond donors (Lipinski definition) is 2. The van der Waals surface area contributed by atoms with Crippen LogP contribution in [-0.2, 0) is 6.54 Å². The lowest BCUT2D eigenvalue weighted by atomic mass is 10.2. The molecule has 1 amide bonds. The highest BCUT2D eigenvalue weighted by atomic mass is 16.1. The Morgan fingerprint density at radius 3 is 2.83 bits per heavy atom. The summed E-state index contributed by atoms with van der Waals surface area (Å²) in [6.45, 7) is 2.18. The van der Waals surface area contributed by atoms with Crippen molar-refractivity contribution in [3.05, 3.63) is 47.7 Å². The van der Waals surface area contributed by atoms with Gasteiger partial charge in [-0.2, -0.15) is 0 Å². The Morgan fingerprint density at radius 1 is 1.26 bits per heavy atom.